The lowest BCUT2D eigenvalue weighted by Crippen LogP contribution is -2.39. The topological polar surface area (TPSA) is 61.0 Å². The van der Waals surface area contributed by atoms with E-state index in [-0.39, 0.29) is 30.7 Å². The molecule has 4 rings (SSSR count). The van der Waals surface area contributed by atoms with Gasteiger partial charge in [0, 0.05) is 38.0 Å². The van der Waals surface area contributed by atoms with Gasteiger partial charge in [-0.3, -0.25) is 4.79 Å². The number of nitrogens with zero attached hydrogens (tertiary/aromatic N) is 2. The maximum absolute atomic E-state index is 12.5. The minimum Gasteiger partial charge on any atom is -0.342 e. The van der Waals surface area contributed by atoms with E-state index in [0.29, 0.717) is 24.9 Å². The number of halogens is 2. The molecule has 2 N–H and O–H groups in total. The van der Waals surface area contributed by atoms with Crippen molar-refractivity contribution in [2.75, 3.05) is 13.1 Å². The Kier molecular flexibility index (Phi) is 6.72. The van der Waals surface area contributed by atoms with Crippen molar-refractivity contribution in [1.82, 2.24) is 20.2 Å². The van der Waals surface area contributed by atoms with Crippen molar-refractivity contribution in [3.05, 3.63) is 29.6 Å². The van der Waals surface area contributed by atoms with Gasteiger partial charge in [-0.1, -0.05) is 12.1 Å². The van der Waals surface area contributed by atoms with Gasteiger partial charge in [0.25, 0.3) is 0 Å². The summed E-state index contributed by atoms with van der Waals surface area (Å²) >= 11 is 0. The maximum Gasteiger partial charge on any atom is 0.223 e. The molecule has 0 aliphatic carbocycles. The third-order valence-corrected chi connectivity index (χ3v) is 5.22. The number of fused-ring (bicyclic) bond motifs is 3. The van der Waals surface area contributed by atoms with E-state index in [1.807, 2.05) is 17.0 Å². The van der Waals surface area contributed by atoms with Gasteiger partial charge in [0.15, 0.2) is 0 Å². The molecule has 1 aromatic carbocycles. The molecule has 0 radical (unpaired) electrons. The van der Waals surface area contributed by atoms with Crippen molar-refractivity contribution in [1.29, 1.82) is 0 Å². The largest absolute Gasteiger partial charge is 0.342 e. The van der Waals surface area contributed by atoms with Crippen LogP contribution in [0.1, 0.15) is 37.1 Å². The highest BCUT2D eigenvalue weighted by atomic mass is 35.5. The Hall–Kier alpha value is -1.30. The van der Waals surface area contributed by atoms with Crippen LogP contribution in [0.3, 0.4) is 0 Å². The number of hydrogen-bond acceptors (Lipinski definition) is 3. The number of aromatic nitrogens is 2. The first kappa shape index (κ1) is 20.0. The molecule has 2 saturated heterocycles. The van der Waals surface area contributed by atoms with Gasteiger partial charge >= 0.3 is 0 Å². The van der Waals surface area contributed by atoms with Gasteiger partial charge in [-0.2, -0.15) is 0 Å². The van der Waals surface area contributed by atoms with Crippen LogP contribution in [0.5, 0.6) is 0 Å². The monoisotopic (exact) mass is 384 g/mol. The lowest BCUT2D eigenvalue weighted by Gasteiger charge is -2.24. The number of carbonyl (C=O) groups is 1. The number of para-hydroxylation sites is 1. The van der Waals surface area contributed by atoms with Crippen molar-refractivity contribution >= 4 is 41.8 Å². The predicted molar refractivity (Wildman–Crippen MR) is 105 cm³/mol. The second-order valence-corrected chi connectivity index (χ2v) is 6.92. The molecule has 0 saturated carbocycles. The molecule has 2 fully saturated rings. The number of hydrogen-bond donors (Lipinski definition) is 2. The first-order valence-electron chi connectivity index (χ1n) is 8.67. The Morgan fingerprint density at radius 1 is 1.24 bits per heavy atom. The summed E-state index contributed by atoms with van der Waals surface area (Å²) in [6, 6.07) is 7.26. The number of rotatable bonds is 3. The van der Waals surface area contributed by atoms with Gasteiger partial charge in [-0.15, -0.1) is 24.8 Å². The molecular weight excluding hydrogens is 359 g/mol. The molecule has 25 heavy (non-hydrogen) atoms. The number of likely N-dealkylation sites (tertiary alicyclic amines) is 1. The minimum atomic E-state index is 0. The highest BCUT2D eigenvalue weighted by Crippen LogP contribution is 2.21. The maximum atomic E-state index is 12.5. The van der Waals surface area contributed by atoms with Crippen LogP contribution in [-0.4, -0.2) is 45.9 Å². The summed E-state index contributed by atoms with van der Waals surface area (Å²) in [6.45, 7) is 3.83. The molecule has 2 bridgehead atoms. The quantitative estimate of drug-likeness (QED) is 0.854. The fourth-order valence-electron chi connectivity index (χ4n) is 3.90. The van der Waals surface area contributed by atoms with Crippen molar-refractivity contribution in [3.63, 3.8) is 0 Å². The van der Waals surface area contributed by atoms with Crippen molar-refractivity contribution in [2.45, 2.75) is 51.1 Å². The zero-order chi connectivity index (χ0) is 15.8. The lowest BCUT2D eigenvalue weighted by molar-refractivity contribution is -0.131. The molecule has 2 atom stereocenters. The summed E-state index contributed by atoms with van der Waals surface area (Å²) in [7, 11) is 0. The molecule has 0 spiro atoms. The molecule has 2 aliphatic rings. The van der Waals surface area contributed by atoms with Gasteiger partial charge in [-0.25, -0.2) is 4.98 Å². The molecule has 2 unspecified atom stereocenters. The van der Waals surface area contributed by atoms with Crippen LogP contribution in [-0.2, 0) is 11.2 Å². The third kappa shape index (κ3) is 4.27. The van der Waals surface area contributed by atoms with Crippen LogP contribution in [0.25, 0.3) is 11.0 Å². The van der Waals surface area contributed by atoms with Gasteiger partial charge in [0.2, 0.25) is 5.91 Å². The molecule has 5 nitrogen and oxygen atoms in total. The van der Waals surface area contributed by atoms with Crippen LogP contribution >= 0.6 is 24.8 Å². The van der Waals surface area contributed by atoms with Crippen molar-refractivity contribution < 1.29 is 4.79 Å². The second-order valence-electron chi connectivity index (χ2n) is 6.92. The highest BCUT2D eigenvalue weighted by Gasteiger charge is 2.30. The van der Waals surface area contributed by atoms with E-state index in [1.165, 1.54) is 18.4 Å². The highest BCUT2D eigenvalue weighted by molar-refractivity contribution is 5.85. The van der Waals surface area contributed by atoms with E-state index in [1.54, 1.807) is 0 Å². The number of H-pyrrole nitrogens is 1. The lowest BCUT2D eigenvalue weighted by atomic mass is 10.1. The SMILES string of the molecule is Cc1cccc2[nH]c(CCC(=O)N3CCC4CCC(C3)N4)nc12.Cl.Cl. The van der Waals surface area contributed by atoms with Crippen molar-refractivity contribution in [3.8, 4) is 0 Å². The molecule has 2 aromatic rings. The number of carbonyl (C=O) groups excluding carboxylic acids is 1. The number of amides is 1. The number of aromatic amines is 1. The second kappa shape index (κ2) is 8.39. The van der Waals surface area contributed by atoms with E-state index in [9.17, 15) is 4.79 Å². The van der Waals surface area contributed by atoms with Crippen LogP contribution in [0.15, 0.2) is 18.2 Å². The average Bonchev–Trinajstić information content (AvgIpc) is 3.09. The van der Waals surface area contributed by atoms with Crippen LogP contribution < -0.4 is 5.32 Å². The predicted octanol–water partition coefficient (Wildman–Crippen LogP) is 3.00. The van der Waals surface area contributed by atoms with E-state index in [2.05, 4.69) is 28.3 Å². The Bertz CT molecular complexity index is 733. The van der Waals surface area contributed by atoms with Gasteiger partial charge in [-0.05, 0) is 37.8 Å². The molecular formula is C18H26Cl2N4O. The van der Waals surface area contributed by atoms with Gasteiger partial charge in [0.05, 0.1) is 11.0 Å². The Morgan fingerprint density at radius 2 is 2.04 bits per heavy atom. The molecule has 138 valence electrons. The van der Waals surface area contributed by atoms with E-state index < -0.39 is 0 Å². The van der Waals surface area contributed by atoms with Crippen LogP contribution in [0, 0.1) is 6.92 Å². The molecule has 3 heterocycles. The van der Waals surface area contributed by atoms with E-state index in [0.717, 1.165) is 36.4 Å². The van der Waals surface area contributed by atoms with E-state index in [4.69, 9.17) is 0 Å². The fourth-order valence-corrected chi connectivity index (χ4v) is 3.90. The van der Waals surface area contributed by atoms with Crippen LogP contribution in [0.2, 0.25) is 0 Å². The first-order chi connectivity index (χ1) is 11.2. The standard InChI is InChI=1S/C18H24N4O.2ClH/c1-12-3-2-4-15-18(12)21-16(20-15)7-8-17(23)22-10-9-13-5-6-14(11-22)19-13;;/h2-4,13-14,19H,5-11H2,1H3,(H,20,21);2*1H. The Morgan fingerprint density at radius 3 is 2.84 bits per heavy atom. The zero-order valence-electron chi connectivity index (χ0n) is 14.5. The number of nitrogens with one attached hydrogen (secondary N) is 2. The smallest absolute Gasteiger partial charge is 0.223 e. The number of imidazole rings is 1. The van der Waals surface area contributed by atoms with Gasteiger partial charge < -0.3 is 15.2 Å². The molecule has 7 heteroatoms. The summed E-state index contributed by atoms with van der Waals surface area (Å²) in [5, 5.41) is 3.62. The fraction of sp³-hybridized carbons (Fsp3) is 0.556. The zero-order valence-corrected chi connectivity index (χ0v) is 16.1. The summed E-state index contributed by atoms with van der Waals surface area (Å²) in [6.07, 6.45) is 4.79. The van der Waals surface area contributed by atoms with Gasteiger partial charge in [0.1, 0.15) is 5.82 Å². The summed E-state index contributed by atoms with van der Waals surface area (Å²) < 4.78 is 0. The molecule has 1 amide bonds. The average molecular weight is 385 g/mol. The Labute approximate surface area is 160 Å². The molecule has 2 aliphatic heterocycles. The summed E-state index contributed by atoms with van der Waals surface area (Å²) in [5.74, 6) is 1.17. The summed E-state index contributed by atoms with van der Waals surface area (Å²) in [5.41, 5.74) is 3.25. The number of benzene rings is 1. The normalized spacial score (nSPS) is 22.2. The van der Waals surface area contributed by atoms with E-state index >= 15 is 0 Å². The Balaban J connectivity index is 0.00000113. The van der Waals surface area contributed by atoms with Crippen molar-refractivity contribution in [2.24, 2.45) is 0 Å². The molecule has 1 aromatic heterocycles. The third-order valence-electron chi connectivity index (χ3n) is 5.22. The number of aryl methyl sites for hydroxylation is 2. The minimum absolute atomic E-state index is 0. The first-order valence-corrected chi connectivity index (χ1v) is 8.67. The summed E-state index contributed by atoms with van der Waals surface area (Å²) in [4.78, 5) is 22.6. The van der Waals surface area contributed by atoms with Crippen LogP contribution in [0.4, 0.5) is 0 Å².